The second-order valence-electron chi connectivity index (χ2n) is 4.78. The number of halogens is 3. The number of benzene rings is 1. The molecular weight excluding hydrogens is 383 g/mol. The first-order valence-electron chi connectivity index (χ1n) is 6.32. The highest BCUT2D eigenvalue weighted by molar-refractivity contribution is 9.10. The summed E-state index contributed by atoms with van der Waals surface area (Å²) in [5, 5.41) is 12.3. The maximum absolute atomic E-state index is 12.2. The third-order valence-electron chi connectivity index (χ3n) is 3.33. The molecular formula is C13H13BrCl2N2O3. The monoisotopic (exact) mass is 394 g/mol. The van der Waals surface area contributed by atoms with Gasteiger partial charge in [0.2, 0.25) is 0 Å². The van der Waals surface area contributed by atoms with Crippen LogP contribution in [-0.2, 0) is 4.79 Å². The Kier molecular flexibility index (Phi) is 5.35. The third kappa shape index (κ3) is 3.81. The minimum atomic E-state index is -0.878. The van der Waals surface area contributed by atoms with Crippen LogP contribution < -0.4 is 5.32 Å². The van der Waals surface area contributed by atoms with Crippen molar-refractivity contribution < 1.29 is 14.7 Å². The van der Waals surface area contributed by atoms with E-state index < -0.39 is 11.9 Å². The lowest BCUT2D eigenvalue weighted by molar-refractivity contribution is -0.143. The van der Waals surface area contributed by atoms with E-state index in [1.807, 2.05) is 0 Å². The fraction of sp³-hybridized carbons (Fsp3) is 0.385. The second kappa shape index (κ2) is 6.85. The average Bonchev–Trinajstić information content (AvgIpc) is 2.48. The molecule has 0 radical (unpaired) electrons. The van der Waals surface area contributed by atoms with Crippen LogP contribution in [0.3, 0.4) is 0 Å². The molecule has 0 bridgehead atoms. The number of carboxylic acids is 1. The van der Waals surface area contributed by atoms with E-state index in [0.29, 0.717) is 34.6 Å². The Morgan fingerprint density at radius 1 is 1.33 bits per heavy atom. The van der Waals surface area contributed by atoms with Gasteiger partial charge in [-0.1, -0.05) is 23.2 Å². The summed E-state index contributed by atoms with van der Waals surface area (Å²) in [6.45, 7) is 0.723. The van der Waals surface area contributed by atoms with Crippen molar-refractivity contribution in [2.45, 2.75) is 12.8 Å². The molecule has 0 saturated carbocycles. The van der Waals surface area contributed by atoms with Gasteiger partial charge in [0.05, 0.1) is 21.7 Å². The maximum atomic E-state index is 12.2. The molecule has 0 aliphatic carbocycles. The van der Waals surface area contributed by atoms with E-state index in [1.165, 1.54) is 4.90 Å². The van der Waals surface area contributed by atoms with E-state index >= 15 is 0 Å². The van der Waals surface area contributed by atoms with Crippen molar-refractivity contribution in [3.05, 3.63) is 26.7 Å². The Morgan fingerprint density at radius 2 is 2.05 bits per heavy atom. The van der Waals surface area contributed by atoms with E-state index in [9.17, 15) is 9.59 Å². The molecule has 1 aliphatic rings. The van der Waals surface area contributed by atoms with Crippen LogP contribution in [0.1, 0.15) is 12.8 Å². The molecule has 1 aromatic carbocycles. The number of rotatable bonds is 2. The van der Waals surface area contributed by atoms with Crippen LogP contribution >= 0.6 is 39.1 Å². The molecule has 1 aliphatic heterocycles. The van der Waals surface area contributed by atoms with Crippen molar-refractivity contribution in [1.29, 1.82) is 0 Å². The summed E-state index contributed by atoms with van der Waals surface area (Å²) in [6.07, 6.45) is 1.25. The summed E-state index contributed by atoms with van der Waals surface area (Å²) in [7, 11) is 0. The van der Waals surface area contributed by atoms with Crippen molar-refractivity contribution in [1.82, 2.24) is 4.90 Å². The summed E-state index contributed by atoms with van der Waals surface area (Å²) < 4.78 is 0.635. The highest BCUT2D eigenvalue weighted by atomic mass is 79.9. The highest BCUT2D eigenvalue weighted by Crippen LogP contribution is 2.36. The van der Waals surface area contributed by atoms with Crippen molar-refractivity contribution in [3.8, 4) is 0 Å². The lowest BCUT2D eigenvalue weighted by Gasteiger charge is -2.30. The predicted octanol–water partition coefficient (Wildman–Crippen LogP) is 4.08. The van der Waals surface area contributed by atoms with E-state index in [0.717, 1.165) is 0 Å². The van der Waals surface area contributed by atoms with Gasteiger partial charge in [0.15, 0.2) is 0 Å². The molecule has 0 spiro atoms. The van der Waals surface area contributed by atoms with Gasteiger partial charge in [-0.15, -0.1) is 0 Å². The number of nitrogens with one attached hydrogen (secondary N) is 1. The first-order chi connectivity index (χ1) is 9.90. The van der Waals surface area contributed by atoms with Gasteiger partial charge in [-0.2, -0.15) is 0 Å². The number of carbonyl (C=O) groups is 2. The molecule has 2 rings (SSSR count). The Labute approximate surface area is 140 Å². The lowest BCUT2D eigenvalue weighted by atomic mass is 9.99. The molecule has 21 heavy (non-hydrogen) atoms. The van der Waals surface area contributed by atoms with E-state index in [1.54, 1.807) is 12.1 Å². The zero-order valence-electron chi connectivity index (χ0n) is 10.9. The fourth-order valence-corrected chi connectivity index (χ4v) is 3.00. The third-order valence-corrected chi connectivity index (χ3v) is 5.11. The Balaban J connectivity index is 2.08. The number of amides is 2. The van der Waals surface area contributed by atoms with Gasteiger partial charge in [0.1, 0.15) is 0 Å². The molecule has 2 N–H and O–H groups in total. The summed E-state index contributed by atoms with van der Waals surface area (Å²) in [4.78, 5) is 24.7. The highest BCUT2D eigenvalue weighted by Gasteiger charge is 2.28. The smallest absolute Gasteiger partial charge is 0.321 e. The number of carbonyl (C=O) groups excluding carboxylic acids is 1. The minimum absolute atomic E-state index is 0.197. The zero-order valence-corrected chi connectivity index (χ0v) is 14.0. The predicted molar refractivity (Wildman–Crippen MR) is 85.1 cm³/mol. The number of piperidine rings is 1. The van der Waals surface area contributed by atoms with Gasteiger partial charge in [-0.25, -0.2) is 4.79 Å². The summed E-state index contributed by atoms with van der Waals surface area (Å²) in [6, 6.07) is 2.94. The summed E-state index contributed by atoms with van der Waals surface area (Å²) in [5.41, 5.74) is 0.396. The number of carboxylic acid groups (broad SMARTS) is 1. The van der Waals surface area contributed by atoms with Gasteiger partial charge in [-0.05, 0) is 40.9 Å². The number of hydrogen-bond donors (Lipinski definition) is 2. The first kappa shape index (κ1) is 16.4. The SMILES string of the molecule is O=C(O)[C@@H]1CCCN(C(=O)Nc2ccc(Br)c(Cl)c2Cl)C1. The number of urea groups is 1. The van der Waals surface area contributed by atoms with Crippen molar-refractivity contribution in [3.63, 3.8) is 0 Å². The van der Waals surface area contributed by atoms with Crippen LogP contribution in [0.4, 0.5) is 10.5 Å². The van der Waals surface area contributed by atoms with Crippen LogP contribution in [0.5, 0.6) is 0 Å². The Morgan fingerprint density at radius 3 is 2.71 bits per heavy atom. The van der Waals surface area contributed by atoms with Crippen LogP contribution in [0.15, 0.2) is 16.6 Å². The molecule has 1 fully saturated rings. The molecule has 0 unspecified atom stereocenters. The number of aliphatic carboxylic acids is 1. The average molecular weight is 396 g/mol. The van der Waals surface area contributed by atoms with Gasteiger partial charge >= 0.3 is 12.0 Å². The molecule has 8 heteroatoms. The van der Waals surface area contributed by atoms with E-state index in [2.05, 4.69) is 21.2 Å². The van der Waals surface area contributed by atoms with Crippen molar-refractivity contribution >= 4 is 56.8 Å². The summed E-state index contributed by atoms with van der Waals surface area (Å²) in [5.74, 6) is -1.40. The summed E-state index contributed by atoms with van der Waals surface area (Å²) >= 11 is 15.3. The molecule has 1 atom stereocenters. The molecule has 1 heterocycles. The van der Waals surface area contributed by atoms with Gasteiger partial charge < -0.3 is 15.3 Å². The Bertz CT molecular complexity index is 583. The van der Waals surface area contributed by atoms with E-state index in [-0.39, 0.29) is 17.6 Å². The number of hydrogen-bond acceptors (Lipinski definition) is 2. The second-order valence-corrected chi connectivity index (χ2v) is 6.39. The molecule has 114 valence electrons. The van der Waals surface area contributed by atoms with E-state index in [4.69, 9.17) is 28.3 Å². The minimum Gasteiger partial charge on any atom is -0.481 e. The lowest BCUT2D eigenvalue weighted by Crippen LogP contribution is -2.44. The standard InChI is InChI=1S/C13H13BrCl2N2O3/c14-8-3-4-9(11(16)10(8)15)17-13(21)18-5-1-2-7(6-18)12(19)20/h3-4,7H,1-2,5-6H2,(H,17,21)(H,19,20)/t7-/m1/s1. The van der Waals surface area contributed by atoms with Crippen LogP contribution in [0, 0.1) is 5.92 Å². The fourth-order valence-electron chi connectivity index (χ4n) is 2.18. The van der Waals surface area contributed by atoms with Crippen LogP contribution in [0.2, 0.25) is 10.0 Å². The molecule has 5 nitrogen and oxygen atoms in total. The van der Waals surface area contributed by atoms with Gasteiger partial charge in [0, 0.05) is 17.6 Å². The van der Waals surface area contributed by atoms with Crippen LogP contribution in [0.25, 0.3) is 0 Å². The number of anilines is 1. The van der Waals surface area contributed by atoms with Crippen molar-refractivity contribution in [2.75, 3.05) is 18.4 Å². The van der Waals surface area contributed by atoms with Gasteiger partial charge in [0.25, 0.3) is 0 Å². The number of likely N-dealkylation sites (tertiary alicyclic amines) is 1. The maximum Gasteiger partial charge on any atom is 0.321 e. The first-order valence-corrected chi connectivity index (χ1v) is 7.87. The Hall–Kier alpha value is -0.980. The van der Waals surface area contributed by atoms with Crippen LogP contribution in [-0.4, -0.2) is 35.1 Å². The zero-order chi connectivity index (χ0) is 15.6. The normalized spacial score (nSPS) is 18.4. The molecule has 1 saturated heterocycles. The van der Waals surface area contributed by atoms with Gasteiger partial charge in [-0.3, -0.25) is 4.79 Å². The molecule has 2 amide bonds. The topological polar surface area (TPSA) is 69.6 Å². The molecule has 1 aromatic rings. The quantitative estimate of drug-likeness (QED) is 0.741. The largest absolute Gasteiger partial charge is 0.481 e. The van der Waals surface area contributed by atoms with Crippen molar-refractivity contribution in [2.24, 2.45) is 5.92 Å². The number of nitrogens with zero attached hydrogens (tertiary/aromatic N) is 1. The molecule has 0 aromatic heterocycles.